The number of rotatable bonds is 4. The van der Waals surface area contributed by atoms with Crippen molar-refractivity contribution in [3.8, 4) is 11.1 Å². The van der Waals surface area contributed by atoms with Gasteiger partial charge >= 0.3 is 0 Å². The first-order valence-corrected chi connectivity index (χ1v) is 10.5. The summed E-state index contributed by atoms with van der Waals surface area (Å²) in [4.78, 5) is 11.5. The van der Waals surface area contributed by atoms with Crippen LogP contribution >= 0.6 is 11.6 Å². The van der Waals surface area contributed by atoms with Gasteiger partial charge in [-0.15, -0.1) is 0 Å². The second-order valence-electron chi connectivity index (χ2n) is 7.30. The van der Waals surface area contributed by atoms with Gasteiger partial charge in [0.1, 0.15) is 5.82 Å². The number of halogens is 2. The SMILES string of the molecule is Fc1ccc(Cl)cc1-c1cccc2cnc(Nc3ccccc3N3CCOCC3)nc12. The summed E-state index contributed by atoms with van der Waals surface area (Å²) in [6.45, 7) is 3.07. The lowest BCUT2D eigenvalue weighted by Gasteiger charge is -2.30. The van der Waals surface area contributed by atoms with Gasteiger partial charge in [-0.3, -0.25) is 0 Å². The molecular weight excluding hydrogens is 415 g/mol. The van der Waals surface area contributed by atoms with E-state index in [0.29, 0.717) is 40.8 Å². The topological polar surface area (TPSA) is 50.3 Å². The zero-order valence-corrected chi connectivity index (χ0v) is 17.4. The van der Waals surface area contributed by atoms with E-state index in [1.807, 2.05) is 36.4 Å². The van der Waals surface area contributed by atoms with Crippen LogP contribution in [0.25, 0.3) is 22.0 Å². The van der Waals surface area contributed by atoms with Gasteiger partial charge in [-0.05, 0) is 30.3 Å². The van der Waals surface area contributed by atoms with E-state index in [2.05, 4.69) is 21.3 Å². The second kappa shape index (κ2) is 8.49. The zero-order valence-electron chi connectivity index (χ0n) is 16.7. The van der Waals surface area contributed by atoms with Crippen LogP contribution in [-0.2, 0) is 4.74 Å². The molecule has 2 heterocycles. The van der Waals surface area contributed by atoms with Crippen molar-refractivity contribution in [1.29, 1.82) is 0 Å². The first-order valence-electron chi connectivity index (χ1n) is 10.1. The van der Waals surface area contributed by atoms with Gasteiger partial charge in [-0.2, -0.15) is 0 Å². The van der Waals surface area contributed by atoms with Crippen LogP contribution < -0.4 is 10.2 Å². The van der Waals surface area contributed by atoms with Gasteiger partial charge < -0.3 is 15.0 Å². The van der Waals surface area contributed by atoms with E-state index in [4.69, 9.17) is 21.3 Å². The lowest BCUT2D eigenvalue weighted by Crippen LogP contribution is -2.36. The van der Waals surface area contributed by atoms with Crippen molar-refractivity contribution in [3.63, 3.8) is 0 Å². The molecule has 1 N–H and O–H groups in total. The Morgan fingerprint density at radius 2 is 1.81 bits per heavy atom. The Balaban J connectivity index is 1.55. The van der Waals surface area contributed by atoms with Gasteiger partial charge in [0.15, 0.2) is 0 Å². The summed E-state index contributed by atoms with van der Waals surface area (Å²) in [5, 5.41) is 4.64. The summed E-state index contributed by atoms with van der Waals surface area (Å²) in [6, 6.07) is 18.2. The van der Waals surface area contributed by atoms with Gasteiger partial charge in [0, 0.05) is 40.8 Å². The average Bonchev–Trinajstić information content (AvgIpc) is 2.81. The molecule has 0 aliphatic carbocycles. The van der Waals surface area contributed by atoms with Crippen molar-refractivity contribution >= 4 is 39.8 Å². The minimum absolute atomic E-state index is 0.345. The third kappa shape index (κ3) is 4.04. The normalized spacial score (nSPS) is 14.1. The number of nitrogens with zero attached hydrogens (tertiary/aromatic N) is 3. The molecule has 0 saturated carbocycles. The predicted octanol–water partition coefficient (Wildman–Crippen LogP) is 5.67. The monoisotopic (exact) mass is 434 g/mol. The maximum atomic E-state index is 14.6. The van der Waals surface area contributed by atoms with Crippen molar-refractivity contribution in [2.45, 2.75) is 0 Å². The summed E-state index contributed by atoms with van der Waals surface area (Å²) in [5.41, 5.74) is 3.73. The molecule has 0 unspecified atom stereocenters. The highest BCUT2D eigenvalue weighted by molar-refractivity contribution is 6.30. The van der Waals surface area contributed by atoms with E-state index in [1.165, 1.54) is 12.1 Å². The molecule has 1 aliphatic heterocycles. The molecular formula is C24H20ClFN4O. The number of para-hydroxylation sites is 3. The lowest BCUT2D eigenvalue weighted by atomic mass is 10.0. The number of aromatic nitrogens is 2. The van der Waals surface area contributed by atoms with E-state index >= 15 is 0 Å². The summed E-state index contributed by atoms with van der Waals surface area (Å²) < 4.78 is 20.0. The van der Waals surface area contributed by atoms with E-state index < -0.39 is 0 Å². The first kappa shape index (κ1) is 19.7. The van der Waals surface area contributed by atoms with Gasteiger partial charge in [-0.25, -0.2) is 14.4 Å². The van der Waals surface area contributed by atoms with Crippen LogP contribution in [-0.4, -0.2) is 36.3 Å². The van der Waals surface area contributed by atoms with E-state index in [0.717, 1.165) is 29.9 Å². The van der Waals surface area contributed by atoms with Crippen LogP contribution in [0.5, 0.6) is 0 Å². The van der Waals surface area contributed by atoms with E-state index in [9.17, 15) is 4.39 Å². The molecule has 1 fully saturated rings. The summed E-state index contributed by atoms with van der Waals surface area (Å²) in [6.07, 6.45) is 1.74. The molecule has 4 aromatic rings. The highest BCUT2D eigenvalue weighted by atomic mass is 35.5. The third-order valence-corrected chi connectivity index (χ3v) is 5.57. The molecule has 156 valence electrons. The molecule has 5 nitrogen and oxygen atoms in total. The van der Waals surface area contributed by atoms with E-state index in [1.54, 1.807) is 12.3 Å². The van der Waals surface area contributed by atoms with Crippen LogP contribution in [0, 0.1) is 5.82 Å². The fraction of sp³-hybridized carbons (Fsp3) is 0.167. The molecule has 1 saturated heterocycles. The quantitative estimate of drug-likeness (QED) is 0.448. The molecule has 3 aromatic carbocycles. The zero-order chi connectivity index (χ0) is 21.2. The Labute approximate surface area is 184 Å². The summed E-state index contributed by atoms with van der Waals surface area (Å²) in [5.74, 6) is 0.103. The van der Waals surface area contributed by atoms with Crippen molar-refractivity contribution < 1.29 is 9.13 Å². The minimum Gasteiger partial charge on any atom is -0.378 e. The molecule has 7 heteroatoms. The van der Waals surface area contributed by atoms with Crippen molar-refractivity contribution in [1.82, 2.24) is 9.97 Å². The standard InChI is InChI=1S/C24H20ClFN4O/c25-17-8-9-20(26)19(14-17)18-5-3-4-16-15-27-24(29-23(16)18)28-21-6-1-2-7-22(21)30-10-12-31-13-11-30/h1-9,14-15H,10-13H2,(H,27,28,29). The van der Waals surface area contributed by atoms with Crippen LogP contribution in [0.4, 0.5) is 21.7 Å². The molecule has 1 aliphatic rings. The number of morpholine rings is 1. The fourth-order valence-corrected chi connectivity index (χ4v) is 3.99. The molecule has 1 aromatic heterocycles. The van der Waals surface area contributed by atoms with Gasteiger partial charge in [0.2, 0.25) is 5.95 Å². The minimum atomic E-state index is -0.345. The van der Waals surface area contributed by atoms with E-state index in [-0.39, 0.29) is 5.82 Å². The largest absolute Gasteiger partial charge is 0.378 e. The molecule has 0 atom stereocenters. The Morgan fingerprint density at radius 3 is 2.68 bits per heavy atom. The number of ether oxygens (including phenoxy) is 1. The summed E-state index contributed by atoms with van der Waals surface area (Å²) in [7, 11) is 0. The van der Waals surface area contributed by atoms with Gasteiger partial charge in [0.05, 0.1) is 30.1 Å². The number of anilines is 3. The molecule has 0 spiro atoms. The highest BCUT2D eigenvalue weighted by Crippen LogP contribution is 2.33. The Bertz CT molecular complexity index is 1240. The lowest BCUT2D eigenvalue weighted by molar-refractivity contribution is 0.123. The second-order valence-corrected chi connectivity index (χ2v) is 7.74. The first-order chi connectivity index (χ1) is 15.2. The summed E-state index contributed by atoms with van der Waals surface area (Å²) >= 11 is 6.12. The number of benzene rings is 3. The number of hydrogen-bond acceptors (Lipinski definition) is 5. The number of hydrogen-bond donors (Lipinski definition) is 1. The molecule has 31 heavy (non-hydrogen) atoms. The van der Waals surface area contributed by atoms with Gasteiger partial charge in [-0.1, -0.05) is 41.9 Å². The van der Waals surface area contributed by atoms with Crippen molar-refractivity contribution in [2.75, 3.05) is 36.5 Å². The highest BCUT2D eigenvalue weighted by Gasteiger charge is 2.16. The van der Waals surface area contributed by atoms with Crippen LogP contribution in [0.2, 0.25) is 5.02 Å². The number of fused-ring (bicyclic) bond motifs is 1. The van der Waals surface area contributed by atoms with Crippen LogP contribution in [0.3, 0.4) is 0 Å². The van der Waals surface area contributed by atoms with Crippen LogP contribution in [0.1, 0.15) is 0 Å². The Kier molecular flexibility index (Phi) is 5.40. The third-order valence-electron chi connectivity index (χ3n) is 5.33. The smallest absolute Gasteiger partial charge is 0.227 e. The van der Waals surface area contributed by atoms with Crippen molar-refractivity contribution in [3.05, 3.63) is 77.7 Å². The average molecular weight is 435 g/mol. The predicted molar refractivity (Wildman–Crippen MR) is 123 cm³/mol. The van der Waals surface area contributed by atoms with Gasteiger partial charge in [0.25, 0.3) is 0 Å². The molecule has 0 bridgehead atoms. The Morgan fingerprint density at radius 1 is 0.968 bits per heavy atom. The molecule has 5 rings (SSSR count). The number of nitrogens with one attached hydrogen (secondary N) is 1. The maximum Gasteiger partial charge on any atom is 0.227 e. The fourth-order valence-electron chi connectivity index (χ4n) is 3.82. The van der Waals surface area contributed by atoms with Crippen molar-refractivity contribution in [2.24, 2.45) is 0 Å². The van der Waals surface area contributed by atoms with Crippen LogP contribution in [0.15, 0.2) is 66.9 Å². The molecule has 0 radical (unpaired) electrons. The maximum absolute atomic E-state index is 14.6. The molecule has 0 amide bonds. The Hall–Kier alpha value is -3.22.